The molecule has 2 amide bonds. The number of fused-ring (bicyclic) bond motifs is 1. The highest BCUT2D eigenvalue weighted by atomic mass is 16.2. The molecule has 3 aromatic carbocycles. The van der Waals surface area contributed by atoms with Crippen LogP contribution in [0.4, 0.5) is 22.9 Å². The third-order valence-electron chi connectivity index (χ3n) is 5.39. The van der Waals surface area contributed by atoms with Gasteiger partial charge < -0.3 is 20.9 Å². The molecule has 5 rings (SSSR count). The quantitative estimate of drug-likeness (QED) is 0.263. The number of anilines is 4. The number of rotatable bonds is 6. The van der Waals surface area contributed by atoms with Crippen LogP contribution in [0.1, 0.15) is 17.3 Å². The highest BCUT2D eigenvalue weighted by Gasteiger charge is 2.10. The second-order valence-electron chi connectivity index (χ2n) is 7.95. The number of nitrogens with one attached hydrogen (secondary N) is 4. The molecule has 0 atom stereocenters. The number of amides is 2. The van der Waals surface area contributed by atoms with Gasteiger partial charge in [0.2, 0.25) is 5.91 Å². The molecule has 4 N–H and O–H groups in total. The molecule has 0 saturated carbocycles. The van der Waals surface area contributed by atoms with Gasteiger partial charge in [0.25, 0.3) is 5.91 Å². The van der Waals surface area contributed by atoms with Crippen molar-refractivity contribution in [1.82, 2.24) is 15.0 Å². The van der Waals surface area contributed by atoms with Crippen molar-refractivity contribution in [2.24, 2.45) is 0 Å². The van der Waals surface area contributed by atoms with E-state index in [2.05, 4.69) is 37.0 Å². The fourth-order valence-corrected chi connectivity index (χ4v) is 3.79. The van der Waals surface area contributed by atoms with Gasteiger partial charge in [-0.3, -0.25) is 9.59 Å². The first-order valence-corrected chi connectivity index (χ1v) is 11.0. The summed E-state index contributed by atoms with van der Waals surface area (Å²) in [7, 11) is 0. The first kappa shape index (κ1) is 21.8. The van der Waals surface area contributed by atoms with Gasteiger partial charge >= 0.3 is 0 Å². The number of nitrogens with zero attached hydrogens (tertiary/aromatic N) is 2. The maximum absolute atomic E-state index is 12.7. The Bertz CT molecular complexity index is 1520. The van der Waals surface area contributed by atoms with E-state index in [9.17, 15) is 9.59 Å². The van der Waals surface area contributed by atoms with Crippen molar-refractivity contribution in [3.8, 4) is 11.3 Å². The van der Waals surface area contributed by atoms with Gasteiger partial charge in [0.05, 0.1) is 5.69 Å². The molecule has 172 valence electrons. The number of H-pyrrole nitrogens is 1. The van der Waals surface area contributed by atoms with Crippen LogP contribution in [0.5, 0.6) is 0 Å². The standard InChI is InChI=1S/C27H22N6O2/c1-17(34)31-19-11-9-18(10-12-19)27(35)33-21-6-4-5-20(13-21)32-26-14-25(29-16-30-26)23-15-28-24-8-3-2-7-22(23)24/h2-16,28H,1H3,(H,31,34)(H,33,35)(H,29,30,32). The minimum Gasteiger partial charge on any atom is -0.360 e. The fourth-order valence-electron chi connectivity index (χ4n) is 3.79. The topological polar surface area (TPSA) is 112 Å². The number of carbonyl (C=O) groups excluding carboxylic acids is 2. The molecule has 0 aliphatic rings. The zero-order valence-corrected chi connectivity index (χ0v) is 18.9. The molecule has 8 heteroatoms. The molecule has 5 aromatic rings. The number of para-hydroxylation sites is 1. The lowest BCUT2D eigenvalue weighted by atomic mass is 10.1. The maximum atomic E-state index is 12.7. The molecule has 0 saturated heterocycles. The molecular weight excluding hydrogens is 440 g/mol. The van der Waals surface area contributed by atoms with Crippen LogP contribution in [0.15, 0.2) is 91.4 Å². The van der Waals surface area contributed by atoms with E-state index in [4.69, 9.17) is 0 Å². The molecule has 2 aromatic heterocycles. The van der Waals surface area contributed by atoms with E-state index in [1.54, 1.807) is 24.3 Å². The van der Waals surface area contributed by atoms with Crippen molar-refractivity contribution < 1.29 is 9.59 Å². The zero-order valence-electron chi connectivity index (χ0n) is 18.9. The van der Waals surface area contributed by atoms with E-state index in [1.165, 1.54) is 13.3 Å². The Hall–Kier alpha value is -4.98. The van der Waals surface area contributed by atoms with Gasteiger partial charge in [0, 0.05) is 58.3 Å². The minimum absolute atomic E-state index is 0.163. The Morgan fingerprint density at radius 2 is 1.60 bits per heavy atom. The predicted octanol–water partition coefficient (Wildman–Crippen LogP) is 5.58. The van der Waals surface area contributed by atoms with Crippen molar-refractivity contribution in [2.45, 2.75) is 6.92 Å². The van der Waals surface area contributed by atoms with E-state index in [-0.39, 0.29) is 11.8 Å². The molecule has 8 nitrogen and oxygen atoms in total. The molecule has 0 bridgehead atoms. The monoisotopic (exact) mass is 462 g/mol. The summed E-state index contributed by atoms with van der Waals surface area (Å²) in [5.41, 5.74) is 5.37. The zero-order chi connectivity index (χ0) is 24.2. The molecule has 0 radical (unpaired) electrons. The van der Waals surface area contributed by atoms with Crippen molar-refractivity contribution in [2.75, 3.05) is 16.0 Å². The fraction of sp³-hybridized carbons (Fsp3) is 0.0370. The third kappa shape index (κ3) is 5.01. The summed E-state index contributed by atoms with van der Waals surface area (Å²) in [4.78, 5) is 35.9. The van der Waals surface area contributed by atoms with E-state index in [0.29, 0.717) is 22.8 Å². The number of aromatic amines is 1. The molecule has 35 heavy (non-hydrogen) atoms. The van der Waals surface area contributed by atoms with Crippen LogP contribution in [0.2, 0.25) is 0 Å². The van der Waals surface area contributed by atoms with Crippen LogP contribution in [0.25, 0.3) is 22.2 Å². The summed E-state index contributed by atoms with van der Waals surface area (Å²) in [6, 6.07) is 24.0. The second-order valence-corrected chi connectivity index (χ2v) is 7.95. The first-order valence-electron chi connectivity index (χ1n) is 11.0. The Kier molecular flexibility index (Phi) is 5.92. The van der Waals surface area contributed by atoms with E-state index >= 15 is 0 Å². The van der Waals surface area contributed by atoms with Crippen molar-refractivity contribution in [3.63, 3.8) is 0 Å². The lowest BCUT2D eigenvalue weighted by Crippen LogP contribution is -2.12. The minimum atomic E-state index is -0.250. The summed E-state index contributed by atoms with van der Waals surface area (Å²) in [5.74, 6) is 0.223. The average molecular weight is 463 g/mol. The molecule has 0 spiro atoms. The van der Waals surface area contributed by atoms with Crippen LogP contribution in [0.3, 0.4) is 0 Å². The van der Waals surface area contributed by atoms with Crippen LogP contribution >= 0.6 is 0 Å². The van der Waals surface area contributed by atoms with Gasteiger partial charge in [-0.25, -0.2) is 9.97 Å². The smallest absolute Gasteiger partial charge is 0.255 e. The Labute approximate surface area is 201 Å². The first-order chi connectivity index (χ1) is 17.0. The van der Waals surface area contributed by atoms with E-state index in [0.717, 1.165) is 27.8 Å². The van der Waals surface area contributed by atoms with Crippen molar-refractivity contribution >= 4 is 45.6 Å². The summed E-state index contributed by atoms with van der Waals surface area (Å²) in [6.45, 7) is 1.44. The highest BCUT2D eigenvalue weighted by molar-refractivity contribution is 6.05. The number of aromatic nitrogens is 3. The summed E-state index contributed by atoms with van der Waals surface area (Å²) in [6.07, 6.45) is 3.46. The largest absolute Gasteiger partial charge is 0.360 e. The number of carbonyl (C=O) groups is 2. The molecule has 0 unspecified atom stereocenters. The normalized spacial score (nSPS) is 10.7. The average Bonchev–Trinajstić information content (AvgIpc) is 3.29. The number of hydrogen-bond donors (Lipinski definition) is 4. The van der Waals surface area contributed by atoms with Gasteiger partial charge in [-0.05, 0) is 48.5 Å². The highest BCUT2D eigenvalue weighted by Crippen LogP contribution is 2.28. The molecule has 2 heterocycles. The molecule has 0 fully saturated rings. The predicted molar refractivity (Wildman–Crippen MR) is 138 cm³/mol. The summed E-state index contributed by atoms with van der Waals surface area (Å²) in [5, 5.41) is 9.95. The van der Waals surface area contributed by atoms with Gasteiger partial charge in [0.1, 0.15) is 12.1 Å². The summed E-state index contributed by atoms with van der Waals surface area (Å²) >= 11 is 0. The number of benzene rings is 3. The molecular formula is C27H22N6O2. The van der Waals surface area contributed by atoms with Crippen LogP contribution < -0.4 is 16.0 Å². The van der Waals surface area contributed by atoms with Gasteiger partial charge in [-0.1, -0.05) is 24.3 Å². The van der Waals surface area contributed by atoms with Crippen LogP contribution in [0, 0.1) is 0 Å². The van der Waals surface area contributed by atoms with Gasteiger partial charge in [0.15, 0.2) is 0 Å². The molecule has 0 aliphatic carbocycles. The molecule has 0 aliphatic heterocycles. The Morgan fingerprint density at radius 3 is 2.43 bits per heavy atom. The third-order valence-corrected chi connectivity index (χ3v) is 5.39. The maximum Gasteiger partial charge on any atom is 0.255 e. The lowest BCUT2D eigenvalue weighted by Gasteiger charge is -2.10. The van der Waals surface area contributed by atoms with E-state index in [1.807, 2.05) is 54.7 Å². The van der Waals surface area contributed by atoms with Crippen molar-refractivity contribution in [3.05, 3.63) is 97.0 Å². The second kappa shape index (κ2) is 9.48. The van der Waals surface area contributed by atoms with Crippen LogP contribution in [-0.2, 0) is 4.79 Å². The van der Waals surface area contributed by atoms with Gasteiger partial charge in [-0.15, -0.1) is 0 Å². The van der Waals surface area contributed by atoms with E-state index < -0.39 is 0 Å². The Morgan fingerprint density at radius 1 is 0.800 bits per heavy atom. The van der Waals surface area contributed by atoms with Crippen LogP contribution in [-0.4, -0.2) is 26.8 Å². The van der Waals surface area contributed by atoms with Gasteiger partial charge in [-0.2, -0.15) is 0 Å². The van der Waals surface area contributed by atoms with Crippen molar-refractivity contribution in [1.29, 1.82) is 0 Å². The Balaban J connectivity index is 1.30. The number of hydrogen-bond acceptors (Lipinski definition) is 5. The lowest BCUT2D eigenvalue weighted by molar-refractivity contribution is -0.114. The SMILES string of the molecule is CC(=O)Nc1ccc(C(=O)Nc2cccc(Nc3cc(-c4c[nH]c5ccccc45)ncn3)c2)cc1. The summed E-state index contributed by atoms with van der Waals surface area (Å²) < 4.78 is 0.